The highest BCUT2D eigenvalue weighted by atomic mass is 32.2. The summed E-state index contributed by atoms with van der Waals surface area (Å²) in [5.74, 6) is 0.720. The second-order valence-electron chi connectivity index (χ2n) is 7.76. The van der Waals surface area contributed by atoms with E-state index in [-0.39, 0.29) is 22.3 Å². The lowest BCUT2D eigenvalue weighted by molar-refractivity contribution is -0.00307. The van der Waals surface area contributed by atoms with Gasteiger partial charge in [0.15, 0.2) is 0 Å². The van der Waals surface area contributed by atoms with Gasteiger partial charge < -0.3 is 9.47 Å². The summed E-state index contributed by atoms with van der Waals surface area (Å²) in [6.45, 7) is 4.43. The maximum Gasteiger partial charge on any atom is 0.267 e. The Balaban J connectivity index is 1.71. The van der Waals surface area contributed by atoms with E-state index in [0.29, 0.717) is 24.5 Å². The highest BCUT2D eigenvalue weighted by Crippen LogP contribution is 2.33. The van der Waals surface area contributed by atoms with Crippen molar-refractivity contribution in [3.05, 3.63) is 60.6 Å². The van der Waals surface area contributed by atoms with Crippen molar-refractivity contribution in [2.75, 3.05) is 11.3 Å². The number of para-hydroxylation sites is 1. The van der Waals surface area contributed by atoms with Crippen molar-refractivity contribution in [1.82, 2.24) is 19.7 Å². The van der Waals surface area contributed by atoms with Crippen LogP contribution in [0.3, 0.4) is 0 Å². The Morgan fingerprint density at radius 3 is 2.65 bits per heavy atom. The third-order valence-corrected chi connectivity index (χ3v) is 5.92. The van der Waals surface area contributed by atoms with Gasteiger partial charge in [0.1, 0.15) is 10.6 Å². The van der Waals surface area contributed by atoms with Gasteiger partial charge in [-0.3, -0.25) is 4.68 Å². The molecular formula is C21H23N5O4S. The largest absolute Gasteiger partial charge is 0.439 e. The van der Waals surface area contributed by atoms with E-state index in [1.807, 2.05) is 38.1 Å². The number of aryl methyl sites for hydroxylation is 1. The van der Waals surface area contributed by atoms with Gasteiger partial charge in [-0.05, 0) is 31.6 Å². The molecule has 1 aliphatic rings. The average Bonchev–Trinajstić information content (AvgIpc) is 3.15. The van der Waals surface area contributed by atoms with Crippen LogP contribution in [-0.2, 0) is 21.8 Å². The summed E-state index contributed by atoms with van der Waals surface area (Å²) in [5.41, 5.74) is 1.14. The predicted octanol–water partition coefficient (Wildman–Crippen LogP) is 3.39. The topological polar surface area (TPSA) is 108 Å². The quantitative estimate of drug-likeness (QED) is 0.625. The molecule has 0 saturated heterocycles. The molecule has 1 aliphatic heterocycles. The number of hydrogen-bond acceptors (Lipinski definition) is 7. The van der Waals surface area contributed by atoms with Crippen molar-refractivity contribution >= 4 is 21.5 Å². The van der Waals surface area contributed by atoms with E-state index in [9.17, 15) is 8.42 Å². The number of anilines is 1. The van der Waals surface area contributed by atoms with Gasteiger partial charge in [-0.25, -0.2) is 18.1 Å². The molecule has 0 spiro atoms. The lowest BCUT2D eigenvalue weighted by atomic mass is 9.94. The number of hydrogen-bond donors (Lipinski definition) is 1. The number of sulfonamides is 1. The second kappa shape index (κ2) is 8.12. The van der Waals surface area contributed by atoms with Crippen molar-refractivity contribution < 1.29 is 17.9 Å². The summed E-state index contributed by atoms with van der Waals surface area (Å²) in [5, 5.41) is 3.91. The van der Waals surface area contributed by atoms with Crippen LogP contribution in [0.2, 0.25) is 0 Å². The molecule has 162 valence electrons. The standard InChI is InChI=1S/C21H23N5O4S/c1-21(2)12-15(9-10-29-21)18-11-19(30-16-7-5-4-6-8-16)24-20(23-18)25-31(27,28)17-13-22-26(3)14-17/h4-9,11,13-14H,10,12H2,1-3H3,(H,23,24,25). The fourth-order valence-electron chi connectivity index (χ4n) is 3.16. The summed E-state index contributed by atoms with van der Waals surface area (Å²) in [6, 6.07) is 10.8. The smallest absolute Gasteiger partial charge is 0.267 e. The van der Waals surface area contributed by atoms with Gasteiger partial charge in [0.05, 0.1) is 24.1 Å². The van der Waals surface area contributed by atoms with E-state index in [4.69, 9.17) is 9.47 Å². The Morgan fingerprint density at radius 1 is 1.19 bits per heavy atom. The lowest BCUT2D eigenvalue weighted by Crippen LogP contribution is -2.28. The Bertz CT molecular complexity index is 1220. The maximum atomic E-state index is 12.8. The number of nitrogens with one attached hydrogen (secondary N) is 1. The minimum atomic E-state index is -3.91. The Labute approximate surface area is 180 Å². The van der Waals surface area contributed by atoms with Gasteiger partial charge >= 0.3 is 0 Å². The van der Waals surface area contributed by atoms with Gasteiger partial charge in [0.25, 0.3) is 10.0 Å². The average molecular weight is 442 g/mol. The molecule has 0 unspecified atom stereocenters. The molecule has 1 aromatic carbocycles. The van der Waals surface area contributed by atoms with Crippen molar-refractivity contribution in [2.24, 2.45) is 7.05 Å². The normalized spacial score (nSPS) is 15.9. The molecule has 10 heteroatoms. The van der Waals surface area contributed by atoms with Crippen LogP contribution in [0.25, 0.3) is 5.57 Å². The molecule has 0 aliphatic carbocycles. The zero-order valence-electron chi connectivity index (χ0n) is 17.4. The third-order valence-electron chi connectivity index (χ3n) is 4.63. The van der Waals surface area contributed by atoms with Crippen LogP contribution in [0.5, 0.6) is 11.6 Å². The fourth-order valence-corrected chi connectivity index (χ4v) is 4.08. The van der Waals surface area contributed by atoms with Crippen molar-refractivity contribution in [3.8, 4) is 11.6 Å². The first-order chi connectivity index (χ1) is 14.7. The summed E-state index contributed by atoms with van der Waals surface area (Å²) >= 11 is 0. The van der Waals surface area contributed by atoms with Crippen LogP contribution in [0, 0.1) is 0 Å². The monoisotopic (exact) mass is 441 g/mol. The van der Waals surface area contributed by atoms with Gasteiger partial charge in [0, 0.05) is 25.7 Å². The second-order valence-corrected chi connectivity index (χ2v) is 9.44. The minimum Gasteiger partial charge on any atom is -0.439 e. The molecule has 1 N–H and O–H groups in total. The molecule has 0 fully saturated rings. The van der Waals surface area contributed by atoms with Crippen molar-refractivity contribution in [2.45, 2.75) is 30.8 Å². The van der Waals surface area contributed by atoms with Crippen molar-refractivity contribution in [3.63, 3.8) is 0 Å². The number of rotatable bonds is 6. The summed E-state index contributed by atoms with van der Waals surface area (Å²) in [6.07, 6.45) is 5.21. The van der Waals surface area contributed by atoms with E-state index in [1.54, 1.807) is 25.2 Å². The third kappa shape index (κ3) is 5.09. The highest BCUT2D eigenvalue weighted by Gasteiger charge is 2.26. The molecule has 31 heavy (non-hydrogen) atoms. The van der Waals surface area contributed by atoms with Crippen LogP contribution < -0.4 is 9.46 Å². The molecule has 2 aromatic heterocycles. The van der Waals surface area contributed by atoms with Gasteiger partial charge in [-0.1, -0.05) is 24.3 Å². The Hall–Kier alpha value is -3.24. The Morgan fingerprint density at radius 2 is 1.97 bits per heavy atom. The SMILES string of the molecule is Cn1cc(S(=O)(=O)Nc2nc(Oc3ccccc3)cc(C3=CCOC(C)(C)C3)n2)cn1. The van der Waals surface area contributed by atoms with Crippen LogP contribution in [0.1, 0.15) is 26.0 Å². The molecule has 9 nitrogen and oxygen atoms in total. The summed E-state index contributed by atoms with van der Waals surface area (Å²) < 4.78 is 41.0. The highest BCUT2D eigenvalue weighted by molar-refractivity contribution is 7.92. The predicted molar refractivity (Wildman–Crippen MR) is 115 cm³/mol. The van der Waals surface area contributed by atoms with E-state index in [1.165, 1.54) is 17.1 Å². The molecule has 4 rings (SSSR count). The van der Waals surface area contributed by atoms with Gasteiger partial charge in [-0.15, -0.1) is 0 Å². The molecule has 0 bridgehead atoms. The summed E-state index contributed by atoms with van der Waals surface area (Å²) in [4.78, 5) is 8.73. The lowest BCUT2D eigenvalue weighted by Gasteiger charge is -2.30. The van der Waals surface area contributed by atoms with Gasteiger partial charge in [0.2, 0.25) is 11.8 Å². The number of ether oxygens (including phenoxy) is 2. The maximum absolute atomic E-state index is 12.8. The number of aromatic nitrogens is 4. The molecule has 0 saturated carbocycles. The first kappa shape index (κ1) is 21.0. The van der Waals surface area contributed by atoms with E-state index >= 15 is 0 Å². The Kier molecular flexibility index (Phi) is 5.50. The first-order valence-electron chi connectivity index (χ1n) is 9.67. The van der Waals surface area contributed by atoms with Crippen LogP contribution in [-0.4, -0.2) is 40.4 Å². The van der Waals surface area contributed by atoms with Crippen molar-refractivity contribution in [1.29, 1.82) is 0 Å². The molecular weight excluding hydrogens is 418 g/mol. The zero-order chi connectivity index (χ0) is 22.1. The van der Waals surface area contributed by atoms with Crippen LogP contribution in [0.4, 0.5) is 5.95 Å². The fraction of sp³-hybridized carbons (Fsp3) is 0.286. The number of benzene rings is 1. The van der Waals surface area contributed by atoms with E-state index in [0.717, 1.165) is 5.57 Å². The molecule has 0 radical (unpaired) electrons. The van der Waals surface area contributed by atoms with Crippen LogP contribution in [0.15, 0.2) is 59.8 Å². The summed E-state index contributed by atoms with van der Waals surface area (Å²) in [7, 11) is -2.27. The van der Waals surface area contributed by atoms with E-state index in [2.05, 4.69) is 19.8 Å². The molecule has 3 aromatic rings. The molecule has 0 atom stereocenters. The first-order valence-corrected chi connectivity index (χ1v) is 11.2. The minimum absolute atomic E-state index is 0.0148. The molecule has 0 amide bonds. The molecule has 3 heterocycles. The van der Waals surface area contributed by atoms with E-state index < -0.39 is 10.0 Å². The number of nitrogens with zero attached hydrogens (tertiary/aromatic N) is 4. The van der Waals surface area contributed by atoms with Crippen LogP contribution >= 0.6 is 0 Å². The van der Waals surface area contributed by atoms with Gasteiger partial charge in [-0.2, -0.15) is 10.1 Å². The zero-order valence-corrected chi connectivity index (χ0v) is 18.3.